The van der Waals surface area contributed by atoms with Crippen molar-refractivity contribution in [2.75, 3.05) is 13.1 Å². The summed E-state index contributed by atoms with van der Waals surface area (Å²) in [6.07, 6.45) is 5.96. The molecule has 9 heteroatoms. The molecule has 2 aliphatic rings. The molecule has 8 nitrogen and oxygen atoms in total. The maximum Gasteiger partial charge on any atom is 0.230 e. The summed E-state index contributed by atoms with van der Waals surface area (Å²) in [6.45, 7) is 3.01. The molecule has 1 saturated carbocycles. The van der Waals surface area contributed by atoms with Crippen molar-refractivity contribution in [1.29, 1.82) is 0 Å². The van der Waals surface area contributed by atoms with Gasteiger partial charge in [0.15, 0.2) is 5.82 Å². The summed E-state index contributed by atoms with van der Waals surface area (Å²) in [6, 6.07) is 0. The molecule has 1 aliphatic heterocycles. The summed E-state index contributed by atoms with van der Waals surface area (Å²) in [7, 11) is 1.79. The number of nitrogens with zero attached hydrogens (tertiary/aromatic N) is 6. The molecular formula is C19H27FN6O2. The van der Waals surface area contributed by atoms with Crippen LogP contribution in [0.5, 0.6) is 0 Å². The third-order valence-electron chi connectivity index (χ3n) is 6.16. The number of hydrogen-bond donors (Lipinski definition) is 0. The van der Waals surface area contributed by atoms with Gasteiger partial charge >= 0.3 is 0 Å². The molecule has 4 rings (SSSR count). The molecule has 1 amide bonds. The maximum atomic E-state index is 14.0. The van der Waals surface area contributed by atoms with Crippen LogP contribution in [0.25, 0.3) is 0 Å². The van der Waals surface area contributed by atoms with Gasteiger partial charge in [0.2, 0.25) is 11.8 Å². The molecule has 2 aromatic rings. The minimum Gasteiger partial charge on any atom is -0.342 e. The molecule has 2 fully saturated rings. The molecule has 3 heterocycles. The lowest BCUT2D eigenvalue weighted by Gasteiger charge is -2.30. The van der Waals surface area contributed by atoms with Crippen molar-refractivity contribution in [2.24, 2.45) is 7.05 Å². The molecule has 0 atom stereocenters. The van der Waals surface area contributed by atoms with Gasteiger partial charge in [0.1, 0.15) is 17.8 Å². The summed E-state index contributed by atoms with van der Waals surface area (Å²) in [4.78, 5) is 23.1. The Morgan fingerprint density at radius 2 is 1.96 bits per heavy atom. The SMILES string of the molecule is Cn1ncnc1CC(=O)N1CCC(c2nc(C3CCC(C)(F)CC3)no2)CC1. The van der Waals surface area contributed by atoms with Gasteiger partial charge in [0.05, 0.1) is 6.42 Å². The number of carbonyl (C=O) groups excluding carboxylic acids is 1. The molecule has 0 N–H and O–H groups in total. The quantitative estimate of drug-likeness (QED) is 0.797. The van der Waals surface area contributed by atoms with Crippen molar-refractivity contribution in [1.82, 2.24) is 29.8 Å². The van der Waals surface area contributed by atoms with Crippen LogP contribution in [0, 0.1) is 0 Å². The fourth-order valence-electron chi connectivity index (χ4n) is 4.16. The van der Waals surface area contributed by atoms with Crippen LogP contribution in [-0.4, -0.2) is 54.5 Å². The predicted octanol–water partition coefficient (Wildman–Crippen LogP) is 2.53. The van der Waals surface area contributed by atoms with E-state index in [1.54, 1.807) is 18.7 Å². The summed E-state index contributed by atoms with van der Waals surface area (Å²) in [5.74, 6) is 2.47. The molecule has 0 aromatic carbocycles. The number of halogens is 1. The Morgan fingerprint density at radius 1 is 1.25 bits per heavy atom. The molecule has 2 aromatic heterocycles. The highest BCUT2D eigenvalue weighted by molar-refractivity contribution is 5.78. The van der Waals surface area contributed by atoms with E-state index >= 15 is 0 Å². The number of aromatic nitrogens is 5. The molecule has 0 bridgehead atoms. The minimum atomic E-state index is -1.06. The van der Waals surface area contributed by atoms with Crippen LogP contribution in [0.1, 0.15) is 74.8 Å². The van der Waals surface area contributed by atoms with E-state index in [9.17, 15) is 9.18 Å². The Balaban J connectivity index is 1.30. The van der Waals surface area contributed by atoms with Gasteiger partial charge in [-0.1, -0.05) is 5.16 Å². The molecule has 1 saturated heterocycles. The molecular weight excluding hydrogens is 363 g/mol. The summed E-state index contributed by atoms with van der Waals surface area (Å²) >= 11 is 0. The lowest BCUT2D eigenvalue weighted by molar-refractivity contribution is -0.131. The number of piperidine rings is 1. The largest absolute Gasteiger partial charge is 0.342 e. The topological polar surface area (TPSA) is 89.9 Å². The average molecular weight is 390 g/mol. The van der Waals surface area contributed by atoms with Gasteiger partial charge in [-0.25, -0.2) is 9.37 Å². The Bertz CT molecular complexity index is 814. The van der Waals surface area contributed by atoms with Crippen molar-refractivity contribution < 1.29 is 13.7 Å². The number of likely N-dealkylation sites (tertiary alicyclic amines) is 1. The second-order valence-electron chi connectivity index (χ2n) is 8.31. The van der Waals surface area contributed by atoms with Crippen LogP contribution in [0.3, 0.4) is 0 Å². The van der Waals surface area contributed by atoms with E-state index in [0.29, 0.717) is 43.5 Å². The van der Waals surface area contributed by atoms with Crippen LogP contribution in [0.2, 0.25) is 0 Å². The zero-order valence-corrected chi connectivity index (χ0v) is 16.5. The fourth-order valence-corrected chi connectivity index (χ4v) is 4.16. The predicted molar refractivity (Wildman–Crippen MR) is 98.3 cm³/mol. The number of hydrogen-bond acceptors (Lipinski definition) is 6. The van der Waals surface area contributed by atoms with Crippen LogP contribution in [0.4, 0.5) is 4.39 Å². The third-order valence-corrected chi connectivity index (χ3v) is 6.16. The molecule has 0 unspecified atom stereocenters. The number of alkyl halides is 1. The molecule has 28 heavy (non-hydrogen) atoms. The van der Waals surface area contributed by atoms with E-state index in [4.69, 9.17) is 4.52 Å². The Labute approximate surface area is 163 Å². The van der Waals surface area contributed by atoms with Gasteiger partial charge in [-0.05, 0) is 45.4 Å². The second-order valence-corrected chi connectivity index (χ2v) is 8.31. The van der Waals surface area contributed by atoms with Crippen LogP contribution < -0.4 is 0 Å². The average Bonchev–Trinajstić information content (AvgIpc) is 3.32. The first kappa shape index (κ1) is 19.0. The summed E-state index contributed by atoms with van der Waals surface area (Å²) < 4.78 is 21.1. The van der Waals surface area contributed by atoms with Crippen molar-refractivity contribution in [3.63, 3.8) is 0 Å². The lowest BCUT2D eigenvalue weighted by Crippen LogP contribution is -2.39. The van der Waals surface area contributed by atoms with Gasteiger partial charge in [-0.15, -0.1) is 0 Å². The van der Waals surface area contributed by atoms with Crippen molar-refractivity contribution in [3.05, 3.63) is 23.9 Å². The van der Waals surface area contributed by atoms with Crippen LogP contribution in [-0.2, 0) is 18.3 Å². The van der Waals surface area contributed by atoms with Gasteiger partial charge < -0.3 is 9.42 Å². The number of carbonyl (C=O) groups is 1. The molecule has 0 radical (unpaired) electrons. The first-order chi connectivity index (χ1) is 13.4. The second kappa shape index (κ2) is 7.60. The highest BCUT2D eigenvalue weighted by Gasteiger charge is 2.34. The summed E-state index contributed by atoms with van der Waals surface area (Å²) in [5.41, 5.74) is -1.06. The molecule has 0 spiro atoms. The van der Waals surface area contributed by atoms with Crippen LogP contribution in [0.15, 0.2) is 10.9 Å². The van der Waals surface area contributed by atoms with Gasteiger partial charge in [0, 0.05) is 32.0 Å². The Kier molecular flexibility index (Phi) is 5.16. The van der Waals surface area contributed by atoms with Gasteiger partial charge in [0.25, 0.3) is 0 Å². The van der Waals surface area contributed by atoms with E-state index in [-0.39, 0.29) is 24.2 Å². The monoisotopic (exact) mass is 390 g/mol. The highest BCUT2D eigenvalue weighted by atomic mass is 19.1. The normalized spacial score (nSPS) is 26.5. The zero-order chi connectivity index (χ0) is 19.7. The first-order valence-electron chi connectivity index (χ1n) is 10.0. The third kappa shape index (κ3) is 4.07. The number of rotatable bonds is 4. The van der Waals surface area contributed by atoms with E-state index in [1.165, 1.54) is 6.33 Å². The lowest BCUT2D eigenvalue weighted by atomic mass is 9.81. The van der Waals surface area contributed by atoms with E-state index < -0.39 is 5.67 Å². The van der Waals surface area contributed by atoms with E-state index in [2.05, 4.69) is 20.2 Å². The van der Waals surface area contributed by atoms with E-state index in [1.807, 2.05) is 4.90 Å². The van der Waals surface area contributed by atoms with Crippen molar-refractivity contribution >= 4 is 5.91 Å². The highest BCUT2D eigenvalue weighted by Crippen LogP contribution is 2.39. The van der Waals surface area contributed by atoms with Gasteiger partial charge in [-0.2, -0.15) is 10.1 Å². The number of amides is 1. The smallest absolute Gasteiger partial charge is 0.230 e. The first-order valence-corrected chi connectivity index (χ1v) is 10.0. The molecule has 1 aliphatic carbocycles. The zero-order valence-electron chi connectivity index (χ0n) is 16.5. The maximum absolute atomic E-state index is 14.0. The van der Waals surface area contributed by atoms with Crippen molar-refractivity contribution in [2.45, 2.75) is 69.4 Å². The minimum absolute atomic E-state index is 0.0669. The van der Waals surface area contributed by atoms with Crippen molar-refractivity contribution in [3.8, 4) is 0 Å². The Morgan fingerprint density at radius 3 is 2.61 bits per heavy atom. The fraction of sp³-hybridized carbons (Fsp3) is 0.737. The Hall–Kier alpha value is -2.32. The van der Waals surface area contributed by atoms with Crippen LogP contribution >= 0.6 is 0 Å². The number of aryl methyl sites for hydroxylation is 1. The summed E-state index contributed by atoms with van der Waals surface area (Å²) in [5, 5.41) is 8.17. The van der Waals surface area contributed by atoms with Gasteiger partial charge in [-0.3, -0.25) is 9.48 Å². The standard InChI is InChI=1S/C19H27FN6O2/c1-19(20)7-3-13(4-8-19)17-23-18(28-24-17)14-5-9-26(10-6-14)16(27)11-15-21-12-22-25(15)2/h12-14H,3-11H2,1-2H3. The molecule has 152 valence electrons. The van der Waals surface area contributed by atoms with E-state index in [0.717, 1.165) is 25.7 Å².